The molecule has 9 nitrogen and oxygen atoms in total. The molecule has 3 atom stereocenters. The number of anilines is 1. The molecular formula is C23H22Cl2N4O5S. The molecule has 2 heterocycles. The van der Waals surface area contributed by atoms with Crippen LogP contribution < -0.4 is 5.32 Å². The average Bonchev–Trinajstić information content (AvgIpc) is 3.56. The van der Waals surface area contributed by atoms with E-state index in [1.54, 1.807) is 0 Å². The zero-order valence-electron chi connectivity index (χ0n) is 18.6. The Kier molecular flexibility index (Phi) is 5.93. The number of imide groups is 1. The zero-order chi connectivity index (χ0) is 25.1. The van der Waals surface area contributed by atoms with Gasteiger partial charge in [-0.15, -0.1) is 0 Å². The van der Waals surface area contributed by atoms with Crippen molar-refractivity contribution in [1.82, 2.24) is 14.7 Å². The number of piperazine rings is 1. The Bertz CT molecular complexity index is 1310. The maximum Gasteiger partial charge on any atom is 0.327 e. The van der Waals surface area contributed by atoms with Gasteiger partial charge in [-0.05, 0) is 24.1 Å². The summed E-state index contributed by atoms with van der Waals surface area (Å²) in [6.45, 7) is 0.474. The Morgan fingerprint density at radius 3 is 2.34 bits per heavy atom. The van der Waals surface area contributed by atoms with E-state index in [1.807, 2.05) is 30.3 Å². The van der Waals surface area contributed by atoms with Crippen molar-refractivity contribution in [2.24, 2.45) is 0 Å². The van der Waals surface area contributed by atoms with Crippen LogP contribution in [0, 0.1) is 0 Å². The van der Waals surface area contributed by atoms with E-state index in [0.717, 1.165) is 18.2 Å². The summed E-state index contributed by atoms with van der Waals surface area (Å²) in [6.07, 6.45) is 1.76. The van der Waals surface area contributed by atoms with Crippen molar-refractivity contribution in [3.8, 4) is 0 Å². The van der Waals surface area contributed by atoms with E-state index in [0.29, 0.717) is 0 Å². The second-order valence-corrected chi connectivity index (χ2v) is 11.8. The van der Waals surface area contributed by atoms with E-state index in [1.165, 1.54) is 26.8 Å². The maximum atomic E-state index is 13.2. The summed E-state index contributed by atoms with van der Waals surface area (Å²) < 4.78 is 23.6. The van der Waals surface area contributed by atoms with Gasteiger partial charge in [0.1, 0.15) is 6.04 Å². The van der Waals surface area contributed by atoms with E-state index in [2.05, 4.69) is 5.32 Å². The summed E-state index contributed by atoms with van der Waals surface area (Å²) in [5.41, 5.74) is 1.17. The monoisotopic (exact) mass is 536 g/mol. The number of nitrogens with one attached hydrogen (secondary N) is 1. The van der Waals surface area contributed by atoms with Gasteiger partial charge in [0.15, 0.2) is 9.84 Å². The molecule has 0 aromatic heterocycles. The first kappa shape index (κ1) is 23.9. The van der Waals surface area contributed by atoms with Crippen LogP contribution in [0.3, 0.4) is 0 Å². The zero-order valence-corrected chi connectivity index (χ0v) is 21.0. The predicted molar refractivity (Wildman–Crippen MR) is 130 cm³/mol. The van der Waals surface area contributed by atoms with Gasteiger partial charge in [0.25, 0.3) is 5.91 Å². The molecule has 5 amide bonds. The van der Waals surface area contributed by atoms with Crippen molar-refractivity contribution in [2.75, 3.05) is 31.2 Å². The van der Waals surface area contributed by atoms with Crippen molar-refractivity contribution < 1.29 is 22.8 Å². The number of hydrogen-bond donors (Lipinski definition) is 1. The number of rotatable bonds is 4. The van der Waals surface area contributed by atoms with Crippen LogP contribution in [0.2, 0.25) is 10.0 Å². The Morgan fingerprint density at radius 1 is 1.06 bits per heavy atom. The van der Waals surface area contributed by atoms with Crippen LogP contribution in [0.5, 0.6) is 0 Å². The van der Waals surface area contributed by atoms with Crippen LogP contribution in [-0.2, 0) is 14.6 Å². The summed E-state index contributed by atoms with van der Waals surface area (Å²) in [7, 11) is -3.54. The normalized spacial score (nSPS) is 24.0. The van der Waals surface area contributed by atoms with E-state index >= 15 is 0 Å². The molecule has 0 spiro atoms. The Morgan fingerprint density at radius 2 is 1.71 bits per heavy atom. The number of urea groups is 2. The molecule has 12 heteroatoms. The van der Waals surface area contributed by atoms with Crippen molar-refractivity contribution in [1.29, 1.82) is 0 Å². The lowest BCUT2D eigenvalue weighted by atomic mass is 10.1. The van der Waals surface area contributed by atoms with E-state index in [4.69, 9.17) is 23.2 Å². The number of amides is 5. The third-order valence-electron chi connectivity index (χ3n) is 6.63. The highest BCUT2D eigenvalue weighted by Crippen LogP contribution is 2.47. The second-order valence-electron chi connectivity index (χ2n) is 8.93. The third-order valence-corrected chi connectivity index (χ3v) is 8.32. The van der Waals surface area contributed by atoms with Gasteiger partial charge in [-0.25, -0.2) is 18.0 Å². The summed E-state index contributed by atoms with van der Waals surface area (Å²) in [4.78, 5) is 43.4. The molecule has 35 heavy (non-hydrogen) atoms. The molecular weight excluding hydrogens is 515 g/mol. The highest BCUT2D eigenvalue weighted by molar-refractivity contribution is 7.90. The maximum absolute atomic E-state index is 13.2. The SMILES string of the molecule is CS(=O)(=O)c1cc(Cl)c(NC(=O)N2CCN3C(=O)N([C@@H]4C[C@H]4c4ccccc4)C(=O)C3C2)c(Cl)c1. The lowest BCUT2D eigenvalue weighted by molar-refractivity contribution is -0.129. The van der Waals surface area contributed by atoms with Crippen LogP contribution in [0.15, 0.2) is 47.4 Å². The number of nitrogens with zero attached hydrogens (tertiary/aromatic N) is 3. The molecule has 2 aromatic carbocycles. The Hall–Kier alpha value is -2.82. The second kappa shape index (κ2) is 8.69. The van der Waals surface area contributed by atoms with Crippen LogP contribution >= 0.6 is 23.2 Å². The van der Waals surface area contributed by atoms with Gasteiger partial charge in [-0.2, -0.15) is 0 Å². The molecule has 1 aliphatic carbocycles. The molecule has 3 fully saturated rings. The number of benzene rings is 2. The topological polar surface area (TPSA) is 107 Å². The summed E-state index contributed by atoms with van der Waals surface area (Å²) in [5.74, 6) is -0.173. The molecule has 184 valence electrons. The van der Waals surface area contributed by atoms with Crippen LogP contribution in [0.1, 0.15) is 17.9 Å². The van der Waals surface area contributed by atoms with Crippen molar-refractivity contribution >= 4 is 56.7 Å². The molecule has 2 saturated heterocycles. The number of fused-ring (bicyclic) bond motifs is 1. The molecule has 0 radical (unpaired) electrons. The molecule has 1 N–H and O–H groups in total. The fourth-order valence-electron chi connectivity index (χ4n) is 4.70. The first-order valence-corrected chi connectivity index (χ1v) is 13.6. The summed E-state index contributed by atoms with van der Waals surface area (Å²) >= 11 is 12.4. The minimum absolute atomic E-state index is 0.0242. The first-order valence-electron chi connectivity index (χ1n) is 11.0. The van der Waals surface area contributed by atoms with Crippen LogP contribution in [-0.4, -0.2) is 79.1 Å². The third kappa shape index (κ3) is 4.34. The molecule has 1 unspecified atom stereocenters. The van der Waals surface area contributed by atoms with Crippen molar-refractivity contribution in [3.05, 3.63) is 58.1 Å². The number of hydrogen-bond acceptors (Lipinski definition) is 5. The fourth-order valence-corrected chi connectivity index (χ4v) is 6.08. The highest BCUT2D eigenvalue weighted by Gasteiger charge is 2.56. The lowest BCUT2D eigenvalue weighted by Crippen LogP contribution is -2.55. The van der Waals surface area contributed by atoms with Gasteiger partial charge in [-0.3, -0.25) is 9.69 Å². The standard InChI is InChI=1S/C23H22Cl2N4O5S/c1-35(33,34)14-9-16(24)20(17(25)10-14)26-22(31)27-7-8-28-19(12-27)21(30)29(23(28)32)18-11-15(18)13-5-3-2-4-6-13/h2-6,9-10,15,18-19H,7-8,11-12H2,1H3,(H,26,31)/t15-,18+,19?/m0/s1. The number of halogens is 2. The first-order chi connectivity index (χ1) is 16.6. The van der Waals surface area contributed by atoms with Crippen molar-refractivity contribution in [3.63, 3.8) is 0 Å². The average molecular weight is 537 g/mol. The van der Waals surface area contributed by atoms with Gasteiger partial charge >= 0.3 is 12.1 Å². The largest absolute Gasteiger partial charge is 0.327 e. The predicted octanol–water partition coefficient (Wildman–Crippen LogP) is 3.43. The summed E-state index contributed by atoms with van der Waals surface area (Å²) in [6, 6.07) is 10.4. The van der Waals surface area contributed by atoms with Gasteiger partial charge < -0.3 is 15.1 Å². The molecule has 0 bridgehead atoms. The molecule has 2 aliphatic heterocycles. The van der Waals surface area contributed by atoms with Crippen LogP contribution in [0.4, 0.5) is 15.3 Å². The number of carbonyl (C=O) groups excluding carboxylic acids is 3. The van der Waals surface area contributed by atoms with Gasteiger partial charge in [0.2, 0.25) is 0 Å². The van der Waals surface area contributed by atoms with Crippen molar-refractivity contribution in [2.45, 2.75) is 29.3 Å². The van der Waals surface area contributed by atoms with E-state index < -0.39 is 21.9 Å². The minimum atomic E-state index is -3.54. The number of carbonyl (C=O) groups is 3. The van der Waals surface area contributed by atoms with E-state index in [-0.39, 0.29) is 64.2 Å². The highest BCUT2D eigenvalue weighted by atomic mass is 35.5. The quantitative estimate of drug-likeness (QED) is 0.602. The Labute approximate surface area is 212 Å². The molecule has 5 rings (SSSR count). The van der Waals surface area contributed by atoms with Gasteiger partial charge in [0, 0.05) is 31.3 Å². The molecule has 2 aromatic rings. The van der Waals surface area contributed by atoms with Crippen LogP contribution in [0.25, 0.3) is 0 Å². The molecule has 3 aliphatic rings. The lowest BCUT2D eigenvalue weighted by Gasteiger charge is -2.35. The van der Waals surface area contributed by atoms with Gasteiger partial charge in [0.05, 0.1) is 27.2 Å². The van der Waals surface area contributed by atoms with Gasteiger partial charge in [-0.1, -0.05) is 53.5 Å². The number of sulfone groups is 1. The smallest absolute Gasteiger partial charge is 0.320 e. The molecule has 1 saturated carbocycles. The van der Waals surface area contributed by atoms with E-state index in [9.17, 15) is 22.8 Å². The Balaban J connectivity index is 1.28. The summed E-state index contributed by atoms with van der Waals surface area (Å²) in [5, 5.41) is 2.56. The fraction of sp³-hybridized carbons (Fsp3) is 0.348. The minimum Gasteiger partial charge on any atom is -0.320 e.